The molecule has 0 saturated heterocycles. The number of likely N-dealkylation sites (N-methyl/N-ethyl adjacent to an activating group) is 1. The van der Waals surface area contributed by atoms with Crippen molar-refractivity contribution in [2.24, 2.45) is 0 Å². The zero-order chi connectivity index (χ0) is 12.7. The first-order valence-corrected chi connectivity index (χ1v) is 6.28. The minimum atomic E-state index is -0.130. The fraction of sp³-hybridized carbons (Fsp3) is 0.417. The predicted molar refractivity (Wildman–Crippen MR) is 72.9 cm³/mol. The number of amides is 2. The van der Waals surface area contributed by atoms with Crippen molar-refractivity contribution >= 4 is 22.0 Å². The first kappa shape index (κ1) is 14.0. The number of hydrogen-bond acceptors (Lipinski definition) is 2. The summed E-state index contributed by atoms with van der Waals surface area (Å²) in [4.78, 5) is 13.4. The average Bonchev–Trinajstić information content (AvgIpc) is 2.28. The van der Waals surface area contributed by atoms with E-state index in [0.29, 0.717) is 13.1 Å². The molecule has 1 aromatic rings. The van der Waals surface area contributed by atoms with Crippen molar-refractivity contribution in [1.29, 1.82) is 0 Å². The number of urea groups is 1. The molecule has 0 fully saturated rings. The molecule has 0 atom stereocenters. The van der Waals surface area contributed by atoms with Crippen LogP contribution in [0.2, 0.25) is 0 Å². The van der Waals surface area contributed by atoms with Gasteiger partial charge in [-0.3, -0.25) is 0 Å². The minimum absolute atomic E-state index is 0.130. The van der Waals surface area contributed by atoms with Gasteiger partial charge in [-0.2, -0.15) is 0 Å². The molecule has 0 spiro atoms. The van der Waals surface area contributed by atoms with Crippen molar-refractivity contribution in [3.63, 3.8) is 0 Å². The van der Waals surface area contributed by atoms with Gasteiger partial charge in [-0.1, -0.05) is 28.1 Å². The van der Waals surface area contributed by atoms with Crippen LogP contribution in [0.25, 0.3) is 0 Å². The molecule has 0 aliphatic heterocycles. The Labute approximate surface area is 111 Å². The number of nitrogens with one attached hydrogen (secondary N) is 2. The van der Waals surface area contributed by atoms with Crippen LogP contribution in [0, 0.1) is 0 Å². The molecule has 4 nitrogen and oxygen atoms in total. The lowest BCUT2D eigenvalue weighted by Crippen LogP contribution is -2.38. The lowest BCUT2D eigenvalue weighted by molar-refractivity contribution is 0.239. The second kappa shape index (κ2) is 7.29. The van der Waals surface area contributed by atoms with E-state index in [1.165, 1.54) is 0 Å². The summed E-state index contributed by atoms with van der Waals surface area (Å²) >= 11 is 3.37. The quantitative estimate of drug-likeness (QED) is 0.871. The second-order valence-corrected chi connectivity index (χ2v) is 4.95. The standard InChI is InChI=1S/C12H18BrN3O/c1-16(2)8-7-14-12(17)15-9-10-3-5-11(13)6-4-10/h3-6H,7-9H2,1-2H3,(H2,14,15,17). The molecule has 0 saturated carbocycles. The van der Waals surface area contributed by atoms with Crippen molar-refractivity contribution in [3.8, 4) is 0 Å². The van der Waals surface area contributed by atoms with Crippen LogP contribution in [0.3, 0.4) is 0 Å². The van der Waals surface area contributed by atoms with Gasteiger partial charge in [0.15, 0.2) is 0 Å². The zero-order valence-corrected chi connectivity index (χ0v) is 11.8. The Bertz CT molecular complexity index is 351. The van der Waals surface area contributed by atoms with Crippen LogP contribution < -0.4 is 10.6 Å². The molecule has 0 aliphatic carbocycles. The fourth-order valence-corrected chi connectivity index (χ4v) is 1.50. The summed E-state index contributed by atoms with van der Waals surface area (Å²) in [5.41, 5.74) is 1.08. The Morgan fingerprint density at radius 3 is 2.47 bits per heavy atom. The lowest BCUT2D eigenvalue weighted by atomic mass is 10.2. The third-order valence-electron chi connectivity index (χ3n) is 2.21. The van der Waals surface area contributed by atoms with E-state index in [0.717, 1.165) is 16.6 Å². The molecule has 0 aromatic heterocycles. The summed E-state index contributed by atoms with van der Waals surface area (Å²) < 4.78 is 1.04. The molecular formula is C12H18BrN3O. The van der Waals surface area contributed by atoms with Gasteiger partial charge >= 0.3 is 6.03 Å². The Hall–Kier alpha value is -1.07. The average molecular weight is 300 g/mol. The van der Waals surface area contributed by atoms with Gasteiger partial charge in [0.1, 0.15) is 0 Å². The maximum Gasteiger partial charge on any atom is 0.315 e. The first-order chi connectivity index (χ1) is 8.08. The van der Waals surface area contributed by atoms with E-state index in [-0.39, 0.29) is 6.03 Å². The summed E-state index contributed by atoms with van der Waals surface area (Å²) in [5, 5.41) is 5.60. The van der Waals surface area contributed by atoms with Crippen LogP contribution in [-0.2, 0) is 6.54 Å². The number of nitrogens with zero attached hydrogens (tertiary/aromatic N) is 1. The largest absolute Gasteiger partial charge is 0.337 e. The number of carbonyl (C=O) groups is 1. The Balaban J connectivity index is 2.21. The topological polar surface area (TPSA) is 44.4 Å². The van der Waals surface area contributed by atoms with Gasteiger partial charge in [0.25, 0.3) is 0 Å². The number of rotatable bonds is 5. The van der Waals surface area contributed by atoms with E-state index in [1.54, 1.807) is 0 Å². The van der Waals surface area contributed by atoms with Crippen molar-refractivity contribution in [3.05, 3.63) is 34.3 Å². The van der Waals surface area contributed by atoms with E-state index in [9.17, 15) is 4.79 Å². The van der Waals surface area contributed by atoms with Gasteiger partial charge in [0, 0.05) is 24.1 Å². The van der Waals surface area contributed by atoms with Crippen LogP contribution in [0.15, 0.2) is 28.7 Å². The molecule has 1 rings (SSSR count). The van der Waals surface area contributed by atoms with Crippen molar-refractivity contribution in [1.82, 2.24) is 15.5 Å². The molecule has 2 amide bonds. The highest BCUT2D eigenvalue weighted by atomic mass is 79.9. The molecule has 1 aromatic carbocycles. The maximum absolute atomic E-state index is 11.4. The molecule has 17 heavy (non-hydrogen) atoms. The highest BCUT2D eigenvalue weighted by Gasteiger charge is 1.99. The van der Waals surface area contributed by atoms with Crippen LogP contribution in [-0.4, -0.2) is 38.1 Å². The molecule has 94 valence electrons. The maximum atomic E-state index is 11.4. The van der Waals surface area contributed by atoms with Gasteiger partial charge in [-0.25, -0.2) is 4.79 Å². The van der Waals surface area contributed by atoms with Gasteiger partial charge in [0.2, 0.25) is 0 Å². The number of benzene rings is 1. The highest BCUT2D eigenvalue weighted by molar-refractivity contribution is 9.10. The normalized spacial score (nSPS) is 10.4. The molecule has 0 bridgehead atoms. The molecule has 0 aliphatic rings. The van der Waals surface area contributed by atoms with Crippen molar-refractivity contribution < 1.29 is 4.79 Å². The molecule has 0 radical (unpaired) electrons. The second-order valence-electron chi connectivity index (χ2n) is 4.04. The van der Waals surface area contributed by atoms with Gasteiger partial charge in [-0.15, -0.1) is 0 Å². The third-order valence-corrected chi connectivity index (χ3v) is 2.74. The summed E-state index contributed by atoms with van der Waals surface area (Å²) in [6.07, 6.45) is 0. The smallest absolute Gasteiger partial charge is 0.315 e. The van der Waals surface area contributed by atoms with Gasteiger partial charge in [0.05, 0.1) is 0 Å². The van der Waals surface area contributed by atoms with E-state index in [2.05, 4.69) is 26.6 Å². The van der Waals surface area contributed by atoms with Crippen LogP contribution in [0.1, 0.15) is 5.56 Å². The minimum Gasteiger partial charge on any atom is -0.337 e. The summed E-state index contributed by atoms with van der Waals surface area (Å²) in [5.74, 6) is 0. The van der Waals surface area contributed by atoms with E-state index >= 15 is 0 Å². The van der Waals surface area contributed by atoms with Crippen LogP contribution >= 0.6 is 15.9 Å². The van der Waals surface area contributed by atoms with Gasteiger partial charge < -0.3 is 15.5 Å². The number of hydrogen-bond donors (Lipinski definition) is 2. The molecule has 2 N–H and O–H groups in total. The molecule has 0 unspecified atom stereocenters. The third kappa shape index (κ3) is 6.28. The fourth-order valence-electron chi connectivity index (χ4n) is 1.24. The summed E-state index contributed by atoms with van der Waals surface area (Å²) in [7, 11) is 3.95. The Morgan fingerprint density at radius 2 is 1.88 bits per heavy atom. The molecular weight excluding hydrogens is 282 g/mol. The number of carbonyl (C=O) groups excluding carboxylic acids is 1. The highest BCUT2D eigenvalue weighted by Crippen LogP contribution is 2.09. The summed E-state index contributed by atoms with van der Waals surface area (Å²) in [6, 6.07) is 7.74. The van der Waals surface area contributed by atoms with E-state index in [4.69, 9.17) is 0 Å². The van der Waals surface area contributed by atoms with Crippen molar-refractivity contribution in [2.75, 3.05) is 27.2 Å². The Morgan fingerprint density at radius 1 is 1.24 bits per heavy atom. The molecule has 5 heteroatoms. The van der Waals surface area contributed by atoms with Gasteiger partial charge in [-0.05, 0) is 31.8 Å². The SMILES string of the molecule is CN(C)CCNC(=O)NCc1ccc(Br)cc1. The summed E-state index contributed by atoms with van der Waals surface area (Å²) in [6.45, 7) is 2.03. The van der Waals surface area contributed by atoms with Crippen LogP contribution in [0.5, 0.6) is 0 Å². The monoisotopic (exact) mass is 299 g/mol. The molecule has 0 heterocycles. The van der Waals surface area contributed by atoms with E-state index < -0.39 is 0 Å². The first-order valence-electron chi connectivity index (χ1n) is 5.49. The van der Waals surface area contributed by atoms with Crippen LogP contribution in [0.4, 0.5) is 4.79 Å². The number of halogens is 1. The predicted octanol–water partition coefficient (Wildman–Crippen LogP) is 1.81. The zero-order valence-electron chi connectivity index (χ0n) is 10.2. The lowest BCUT2D eigenvalue weighted by Gasteiger charge is -2.11. The van der Waals surface area contributed by atoms with E-state index in [1.807, 2.05) is 43.3 Å². The Kier molecular flexibility index (Phi) is 6.00. The van der Waals surface area contributed by atoms with Crippen molar-refractivity contribution in [2.45, 2.75) is 6.54 Å².